The van der Waals surface area contributed by atoms with Crippen molar-refractivity contribution in [3.8, 4) is 5.75 Å². The maximum atomic E-state index is 9.30. The molecule has 0 aliphatic carbocycles. The van der Waals surface area contributed by atoms with Gasteiger partial charge in [0.2, 0.25) is 0 Å². The van der Waals surface area contributed by atoms with Crippen molar-refractivity contribution in [3.05, 3.63) is 29.8 Å². The van der Waals surface area contributed by atoms with Crippen LogP contribution in [0.3, 0.4) is 0 Å². The Morgan fingerprint density at radius 1 is 1.50 bits per heavy atom. The SMILES string of the molecule is C[C@@H](O)CC1COc2ccccc2C1. The molecule has 2 rings (SSSR count). The Bertz CT molecular complexity index is 307. The Morgan fingerprint density at radius 3 is 3.07 bits per heavy atom. The summed E-state index contributed by atoms with van der Waals surface area (Å²) in [6.45, 7) is 2.57. The number of ether oxygens (including phenoxy) is 1. The number of hydrogen-bond acceptors (Lipinski definition) is 2. The molecule has 14 heavy (non-hydrogen) atoms. The molecular formula is C12H16O2. The molecule has 1 aliphatic rings. The summed E-state index contributed by atoms with van der Waals surface area (Å²) in [5.74, 6) is 1.47. The molecule has 0 amide bonds. The van der Waals surface area contributed by atoms with Gasteiger partial charge in [-0.1, -0.05) is 18.2 Å². The topological polar surface area (TPSA) is 29.5 Å². The summed E-state index contributed by atoms with van der Waals surface area (Å²) in [6.07, 6.45) is 1.63. The Balaban J connectivity index is 2.06. The van der Waals surface area contributed by atoms with Gasteiger partial charge in [0.25, 0.3) is 0 Å². The van der Waals surface area contributed by atoms with E-state index in [1.54, 1.807) is 0 Å². The van der Waals surface area contributed by atoms with Crippen LogP contribution in [0.2, 0.25) is 0 Å². The van der Waals surface area contributed by atoms with Crippen LogP contribution in [-0.2, 0) is 6.42 Å². The second-order valence-electron chi connectivity index (χ2n) is 4.07. The molecular weight excluding hydrogens is 176 g/mol. The molecule has 0 bridgehead atoms. The molecule has 2 nitrogen and oxygen atoms in total. The van der Waals surface area contributed by atoms with E-state index in [0.29, 0.717) is 5.92 Å². The van der Waals surface area contributed by atoms with Gasteiger partial charge >= 0.3 is 0 Å². The van der Waals surface area contributed by atoms with E-state index in [1.807, 2.05) is 25.1 Å². The van der Waals surface area contributed by atoms with Crippen LogP contribution in [0.4, 0.5) is 0 Å². The van der Waals surface area contributed by atoms with Crippen LogP contribution in [0.15, 0.2) is 24.3 Å². The first-order valence-electron chi connectivity index (χ1n) is 5.14. The number of rotatable bonds is 2. The molecule has 76 valence electrons. The minimum absolute atomic E-state index is 0.228. The predicted molar refractivity (Wildman–Crippen MR) is 55.4 cm³/mol. The first-order chi connectivity index (χ1) is 6.75. The number of aliphatic hydroxyl groups is 1. The number of hydrogen-bond donors (Lipinski definition) is 1. The Hall–Kier alpha value is -1.02. The van der Waals surface area contributed by atoms with E-state index < -0.39 is 0 Å². The van der Waals surface area contributed by atoms with Gasteiger partial charge in [-0.3, -0.25) is 0 Å². The zero-order valence-electron chi connectivity index (χ0n) is 8.44. The van der Waals surface area contributed by atoms with Gasteiger partial charge in [0.1, 0.15) is 5.75 Å². The summed E-state index contributed by atoms with van der Waals surface area (Å²) in [4.78, 5) is 0. The van der Waals surface area contributed by atoms with Gasteiger partial charge in [-0.25, -0.2) is 0 Å². The molecule has 0 aromatic heterocycles. The third-order valence-corrected chi connectivity index (χ3v) is 2.63. The second kappa shape index (κ2) is 4.01. The number of fused-ring (bicyclic) bond motifs is 1. The maximum Gasteiger partial charge on any atom is 0.122 e. The third-order valence-electron chi connectivity index (χ3n) is 2.63. The van der Waals surface area contributed by atoms with E-state index in [4.69, 9.17) is 4.74 Å². The van der Waals surface area contributed by atoms with Gasteiger partial charge in [-0.15, -0.1) is 0 Å². The van der Waals surface area contributed by atoms with Crippen LogP contribution in [0.25, 0.3) is 0 Å². The Kier molecular flexibility index (Phi) is 2.73. The van der Waals surface area contributed by atoms with E-state index in [-0.39, 0.29) is 6.10 Å². The van der Waals surface area contributed by atoms with Gasteiger partial charge in [-0.05, 0) is 37.3 Å². The van der Waals surface area contributed by atoms with Gasteiger partial charge < -0.3 is 9.84 Å². The Labute approximate surface area is 84.5 Å². The van der Waals surface area contributed by atoms with Crippen molar-refractivity contribution in [2.75, 3.05) is 6.61 Å². The lowest BCUT2D eigenvalue weighted by molar-refractivity contribution is 0.127. The van der Waals surface area contributed by atoms with E-state index in [1.165, 1.54) is 5.56 Å². The van der Waals surface area contributed by atoms with Crippen molar-refractivity contribution in [1.82, 2.24) is 0 Å². The monoisotopic (exact) mass is 192 g/mol. The van der Waals surface area contributed by atoms with Crippen molar-refractivity contribution < 1.29 is 9.84 Å². The first-order valence-corrected chi connectivity index (χ1v) is 5.14. The summed E-state index contributed by atoms with van der Waals surface area (Å²) in [6, 6.07) is 8.14. The minimum atomic E-state index is -0.228. The quantitative estimate of drug-likeness (QED) is 0.776. The zero-order chi connectivity index (χ0) is 9.97. The molecule has 1 aromatic carbocycles. The summed E-state index contributed by atoms with van der Waals surface area (Å²) < 4.78 is 5.63. The highest BCUT2D eigenvalue weighted by Gasteiger charge is 2.20. The fourth-order valence-corrected chi connectivity index (χ4v) is 2.02. The fourth-order valence-electron chi connectivity index (χ4n) is 2.02. The van der Waals surface area contributed by atoms with Crippen LogP contribution in [-0.4, -0.2) is 17.8 Å². The molecule has 2 atom stereocenters. The highest BCUT2D eigenvalue weighted by atomic mass is 16.5. The summed E-state index contributed by atoms with van der Waals surface area (Å²) in [5.41, 5.74) is 1.27. The van der Waals surface area contributed by atoms with Crippen molar-refractivity contribution in [1.29, 1.82) is 0 Å². The lowest BCUT2D eigenvalue weighted by atomic mass is 9.92. The predicted octanol–water partition coefficient (Wildman–Crippen LogP) is 2.01. The maximum absolute atomic E-state index is 9.30. The van der Waals surface area contributed by atoms with Crippen LogP contribution in [0, 0.1) is 5.92 Å². The highest BCUT2D eigenvalue weighted by molar-refractivity contribution is 5.35. The van der Waals surface area contributed by atoms with Crippen molar-refractivity contribution in [2.45, 2.75) is 25.9 Å². The number of para-hydroxylation sites is 1. The van der Waals surface area contributed by atoms with Crippen LogP contribution >= 0.6 is 0 Å². The number of benzene rings is 1. The number of aliphatic hydroxyl groups excluding tert-OH is 1. The second-order valence-corrected chi connectivity index (χ2v) is 4.07. The van der Waals surface area contributed by atoms with Crippen LogP contribution in [0.1, 0.15) is 18.9 Å². The average Bonchev–Trinajstić information content (AvgIpc) is 2.17. The van der Waals surface area contributed by atoms with Gasteiger partial charge in [0.15, 0.2) is 0 Å². The molecule has 0 radical (unpaired) electrons. The molecule has 1 aromatic rings. The molecule has 2 heteroatoms. The van der Waals surface area contributed by atoms with Crippen molar-refractivity contribution in [3.63, 3.8) is 0 Å². The lowest BCUT2D eigenvalue weighted by Gasteiger charge is -2.25. The molecule has 1 unspecified atom stereocenters. The highest BCUT2D eigenvalue weighted by Crippen LogP contribution is 2.28. The van der Waals surface area contributed by atoms with Crippen molar-refractivity contribution in [2.24, 2.45) is 5.92 Å². The normalized spacial score (nSPS) is 22.3. The van der Waals surface area contributed by atoms with E-state index >= 15 is 0 Å². The first kappa shape index (κ1) is 9.53. The Morgan fingerprint density at radius 2 is 2.29 bits per heavy atom. The van der Waals surface area contributed by atoms with Gasteiger partial charge in [0.05, 0.1) is 12.7 Å². The fraction of sp³-hybridized carbons (Fsp3) is 0.500. The largest absolute Gasteiger partial charge is 0.493 e. The van der Waals surface area contributed by atoms with E-state index in [9.17, 15) is 5.11 Å². The van der Waals surface area contributed by atoms with E-state index in [2.05, 4.69) is 6.07 Å². The molecule has 0 spiro atoms. The summed E-state index contributed by atoms with van der Waals surface area (Å²) in [5, 5.41) is 9.30. The smallest absolute Gasteiger partial charge is 0.122 e. The minimum Gasteiger partial charge on any atom is -0.493 e. The zero-order valence-corrected chi connectivity index (χ0v) is 8.44. The molecule has 0 fully saturated rings. The molecule has 1 aliphatic heterocycles. The van der Waals surface area contributed by atoms with Crippen LogP contribution < -0.4 is 4.74 Å². The molecule has 0 saturated heterocycles. The summed E-state index contributed by atoms with van der Waals surface area (Å²) >= 11 is 0. The average molecular weight is 192 g/mol. The van der Waals surface area contributed by atoms with Crippen molar-refractivity contribution >= 4 is 0 Å². The third kappa shape index (κ3) is 2.07. The lowest BCUT2D eigenvalue weighted by Crippen LogP contribution is -2.24. The summed E-state index contributed by atoms with van der Waals surface area (Å²) in [7, 11) is 0. The molecule has 1 N–H and O–H groups in total. The van der Waals surface area contributed by atoms with E-state index in [0.717, 1.165) is 25.2 Å². The molecule has 1 heterocycles. The standard InChI is InChI=1S/C12H16O2/c1-9(13)6-10-7-11-4-2-3-5-12(11)14-8-10/h2-5,9-10,13H,6-8H2,1H3/t9-,10?/m1/s1. The van der Waals surface area contributed by atoms with Gasteiger partial charge in [-0.2, -0.15) is 0 Å². The molecule has 0 saturated carbocycles. The van der Waals surface area contributed by atoms with Crippen LogP contribution in [0.5, 0.6) is 5.75 Å². The van der Waals surface area contributed by atoms with Gasteiger partial charge in [0, 0.05) is 0 Å².